The van der Waals surface area contributed by atoms with Crippen LogP contribution in [0.25, 0.3) is 0 Å². The fraction of sp³-hybridized carbons (Fsp3) is 0.450. The first-order valence-corrected chi connectivity index (χ1v) is 9.39. The number of fused-ring (bicyclic) bond motifs is 4. The summed E-state index contributed by atoms with van der Waals surface area (Å²) >= 11 is 0. The van der Waals surface area contributed by atoms with Crippen LogP contribution in [0.2, 0.25) is 0 Å². The first kappa shape index (κ1) is 18.5. The molecular weight excluding hydrogens is 362 g/mol. The Morgan fingerprint density at radius 2 is 2.07 bits per heavy atom. The number of methoxy groups -OCH3 is 1. The molecule has 0 saturated carbocycles. The smallest absolute Gasteiger partial charge is 0.373 e. The highest BCUT2D eigenvalue weighted by Crippen LogP contribution is 2.34. The van der Waals surface area contributed by atoms with Crippen LogP contribution < -0.4 is 10.9 Å². The molecular formula is C20H23N3O5. The lowest BCUT2D eigenvalue weighted by atomic mass is 9.83. The lowest BCUT2D eigenvalue weighted by Gasteiger charge is -2.42. The monoisotopic (exact) mass is 385 g/mol. The van der Waals surface area contributed by atoms with Gasteiger partial charge < -0.3 is 19.0 Å². The molecule has 8 nitrogen and oxygen atoms in total. The summed E-state index contributed by atoms with van der Waals surface area (Å²) in [6.07, 6.45) is 1.06. The van der Waals surface area contributed by atoms with Crippen molar-refractivity contribution in [1.29, 1.82) is 0 Å². The molecule has 4 rings (SSSR count). The number of hydrogen-bond donors (Lipinski definition) is 1. The highest BCUT2D eigenvalue weighted by molar-refractivity contribution is 5.86. The fourth-order valence-electron chi connectivity index (χ4n) is 4.25. The van der Waals surface area contributed by atoms with Crippen molar-refractivity contribution >= 4 is 11.9 Å². The number of carbonyl (C=O) groups is 2. The third-order valence-electron chi connectivity index (χ3n) is 5.43. The van der Waals surface area contributed by atoms with Crippen molar-refractivity contribution in [2.24, 2.45) is 5.92 Å². The lowest BCUT2D eigenvalue weighted by molar-refractivity contribution is -0.123. The minimum atomic E-state index is -0.545. The Morgan fingerprint density at radius 3 is 2.89 bits per heavy atom. The van der Waals surface area contributed by atoms with Gasteiger partial charge in [0.25, 0.3) is 5.56 Å². The summed E-state index contributed by atoms with van der Waals surface area (Å²) in [4.78, 5) is 38.0. The Morgan fingerprint density at radius 1 is 1.21 bits per heavy atom. The molecule has 0 aromatic carbocycles. The molecule has 2 atom stereocenters. The first-order chi connectivity index (χ1) is 13.5. The fourth-order valence-corrected chi connectivity index (χ4v) is 4.25. The summed E-state index contributed by atoms with van der Waals surface area (Å²) in [6, 6.07) is 8.61. The largest absolute Gasteiger partial charge is 0.463 e. The van der Waals surface area contributed by atoms with Gasteiger partial charge in [-0.2, -0.15) is 0 Å². The zero-order valence-corrected chi connectivity index (χ0v) is 15.7. The molecule has 2 aromatic heterocycles. The number of amides is 1. The van der Waals surface area contributed by atoms with Crippen LogP contribution in [0, 0.1) is 5.92 Å². The molecule has 1 amide bonds. The Bertz CT molecular complexity index is 947. The van der Waals surface area contributed by atoms with E-state index in [1.54, 1.807) is 12.1 Å². The maximum atomic E-state index is 12.4. The summed E-state index contributed by atoms with van der Waals surface area (Å²) in [7, 11) is 1.29. The van der Waals surface area contributed by atoms with Crippen molar-refractivity contribution in [3.05, 3.63) is 57.9 Å². The number of piperidine rings is 1. The second kappa shape index (κ2) is 7.63. The van der Waals surface area contributed by atoms with Gasteiger partial charge in [0.1, 0.15) is 5.76 Å². The maximum absolute atomic E-state index is 12.4. The molecule has 0 aliphatic carbocycles. The van der Waals surface area contributed by atoms with E-state index in [-0.39, 0.29) is 29.7 Å². The van der Waals surface area contributed by atoms with E-state index in [0.717, 1.165) is 25.2 Å². The third kappa shape index (κ3) is 3.73. The van der Waals surface area contributed by atoms with Crippen LogP contribution >= 0.6 is 0 Å². The van der Waals surface area contributed by atoms with E-state index in [1.807, 2.05) is 16.7 Å². The summed E-state index contributed by atoms with van der Waals surface area (Å²) in [5, 5.41) is 2.83. The Balaban J connectivity index is 1.33. The van der Waals surface area contributed by atoms with E-state index in [1.165, 1.54) is 13.2 Å². The van der Waals surface area contributed by atoms with E-state index < -0.39 is 5.97 Å². The first-order valence-electron chi connectivity index (χ1n) is 9.39. The van der Waals surface area contributed by atoms with Crippen LogP contribution in [0.1, 0.15) is 34.3 Å². The molecule has 2 bridgehead atoms. The van der Waals surface area contributed by atoms with Gasteiger partial charge in [0.05, 0.1) is 20.2 Å². The van der Waals surface area contributed by atoms with Gasteiger partial charge in [0.15, 0.2) is 0 Å². The van der Waals surface area contributed by atoms with E-state index in [0.29, 0.717) is 24.8 Å². The van der Waals surface area contributed by atoms with E-state index in [4.69, 9.17) is 4.42 Å². The topological polar surface area (TPSA) is 93.8 Å². The number of nitrogens with one attached hydrogen (secondary N) is 1. The van der Waals surface area contributed by atoms with Gasteiger partial charge in [0, 0.05) is 37.3 Å². The summed E-state index contributed by atoms with van der Waals surface area (Å²) in [5.74, 6) is 0.633. The SMILES string of the molecule is COC(=O)c1ccc(CNC(=O)CN2C[C@H]3C[C@@H](C2)c2cccc(=O)n2C3)o1. The molecule has 0 unspecified atom stereocenters. The van der Waals surface area contributed by atoms with Gasteiger partial charge >= 0.3 is 5.97 Å². The lowest BCUT2D eigenvalue weighted by Crippen LogP contribution is -2.49. The molecule has 28 heavy (non-hydrogen) atoms. The standard InChI is InChI=1S/C20H23N3O5/c1-27-20(26)17-6-5-15(28-17)8-21-18(24)12-22-9-13-7-14(11-22)16-3-2-4-19(25)23(16)10-13/h2-6,13-14H,7-12H2,1H3,(H,21,24)/t13-,14+/m1/s1. The predicted molar refractivity (Wildman–Crippen MR) is 99.9 cm³/mol. The van der Waals surface area contributed by atoms with E-state index >= 15 is 0 Å². The molecule has 2 aliphatic rings. The number of rotatable bonds is 5. The highest BCUT2D eigenvalue weighted by Gasteiger charge is 2.34. The zero-order valence-electron chi connectivity index (χ0n) is 15.7. The second-order valence-corrected chi connectivity index (χ2v) is 7.43. The molecule has 148 valence electrons. The predicted octanol–water partition coefficient (Wildman–Crippen LogP) is 0.963. The van der Waals surface area contributed by atoms with Crippen molar-refractivity contribution in [3.8, 4) is 0 Å². The van der Waals surface area contributed by atoms with Gasteiger partial charge in [0.2, 0.25) is 11.7 Å². The molecule has 1 fully saturated rings. The highest BCUT2D eigenvalue weighted by atomic mass is 16.5. The normalized spacial score (nSPS) is 21.0. The van der Waals surface area contributed by atoms with Crippen LogP contribution in [-0.2, 0) is 22.6 Å². The van der Waals surface area contributed by atoms with Crippen molar-refractivity contribution in [2.75, 3.05) is 26.7 Å². The minimum Gasteiger partial charge on any atom is -0.463 e. The molecule has 8 heteroatoms. The summed E-state index contributed by atoms with van der Waals surface area (Å²) in [5.41, 5.74) is 1.13. The number of furan rings is 1. The quantitative estimate of drug-likeness (QED) is 0.771. The molecule has 2 aliphatic heterocycles. The summed E-state index contributed by atoms with van der Waals surface area (Å²) in [6.45, 7) is 2.80. The van der Waals surface area contributed by atoms with Crippen LogP contribution in [0.4, 0.5) is 0 Å². The van der Waals surface area contributed by atoms with Gasteiger partial charge in [-0.05, 0) is 30.5 Å². The van der Waals surface area contributed by atoms with Gasteiger partial charge in [-0.25, -0.2) is 4.79 Å². The Labute approximate surface area is 162 Å². The number of pyridine rings is 1. The van der Waals surface area contributed by atoms with Crippen LogP contribution in [-0.4, -0.2) is 48.1 Å². The van der Waals surface area contributed by atoms with Gasteiger partial charge in [-0.1, -0.05) is 6.07 Å². The minimum absolute atomic E-state index is 0.0585. The number of nitrogens with zero attached hydrogens (tertiary/aromatic N) is 2. The molecule has 2 aromatic rings. The third-order valence-corrected chi connectivity index (χ3v) is 5.43. The average Bonchev–Trinajstić information content (AvgIpc) is 3.16. The van der Waals surface area contributed by atoms with Crippen LogP contribution in [0.3, 0.4) is 0 Å². The van der Waals surface area contributed by atoms with Gasteiger partial charge in [-0.15, -0.1) is 0 Å². The van der Waals surface area contributed by atoms with Crippen molar-refractivity contribution in [3.63, 3.8) is 0 Å². The molecule has 0 radical (unpaired) electrons. The molecule has 1 saturated heterocycles. The number of esters is 1. The molecule has 1 N–H and O–H groups in total. The van der Waals surface area contributed by atoms with E-state index in [9.17, 15) is 14.4 Å². The number of likely N-dealkylation sites (tertiary alicyclic amines) is 1. The average molecular weight is 385 g/mol. The van der Waals surface area contributed by atoms with E-state index in [2.05, 4.69) is 15.0 Å². The summed E-state index contributed by atoms with van der Waals surface area (Å²) < 4.78 is 11.8. The Kier molecular flexibility index (Phi) is 5.04. The number of ether oxygens (including phenoxy) is 1. The van der Waals surface area contributed by atoms with Crippen LogP contribution in [0.15, 0.2) is 39.5 Å². The van der Waals surface area contributed by atoms with Crippen molar-refractivity contribution in [2.45, 2.75) is 25.4 Å². The van der Waals surface area contributed by atoms with Gasteiger partial charge in [-0.3, -0.25) is 14.5 Å². The van der Waals surface area contributed by atoms with Crippen LogP contribution in [0.5, 0.6) is 0 Å². The van der Waals surface area contributed by atoms with Crippen molar-refractivity contribution in [1.82, 2.24) is 14.8 Å². The number of aromatic nitrogens is 1. The molecule has 0 spiro atoms. The number of carbonyl (C=O) groups excluding carboxylic acids is 2. The Hall–Kier alpha value is -2.87. The molecule has 4 heterocycles. The maximum Gasteiger partial charge on any atom is 0.373 e. The zero-order chi connectivity index (χ0) is 19.7. The second-order valence-electron chi connectivity index (χ2n) is 7.43. The van der Waals surface area contributed by atoms with Crippen molar-refractivity contribution < 1.29 is 18.7 Å². The number of hydrogen-bond acceptors (Lipinski definition) is 6.